The summed E-state index contributed by atoms with van der Waals surface area (Å²) in [5, 5.41) is 2.20. The topological polar surface area (TPSA) is 98.8 Å². The van der Waals surface area contributed by atoms with Gasteiger partial charge in [-0.1, -0.05) is 12.5 Å². The van der Waals surface area contributed by atoms with Crippen LogP contribution in [0.15, 0.2) is 18.2 Å². The van der Waals surface area contributed by atoms with Gasteiger partial charge in [0.2, 0.25) is 15.9 Å². The lowest BCUT2D eigenvalue weighted by molar-refractivity contribution is -0.118. The van der Waals surface area contributed by atoms with E-state index in [0.717, 1.165) is 0 Å². The van der Waals surface area contributed by atoms with Crippen LogP contribution in [0.5, 0.6) is 0 Å². The van der Waals surface area contributed by atoms with E-state index in [2.05, 4.69) is 10.0 Å². The molecule has 29 heavy (non-hydrogen) atoms. The second-order valence-electron chi connectivity index (χ2n) is 7.22. The Hall–Kier alpha value is -2.20. The van der Waals surface area contributed by atoms with Crippen molar-refractivity contribution in [3.05, 3.63) is 29.6 Å². The SMILES string of the molecule is CCN(C)c1cc([C@@H](C)NS(=O)(=O)CCCCCN2CC(=O)NC2=O)ccc1F. The summed E-state index contributed by atoms with van der Waals surface area (Å²) < 4.78 is 41.3. The number of amides is 3. The van der Waals surface area contributed by atoms with E-state index in [0.29, 0.717) is 43.6 Å². The summed E-state index contributed by atoms with van der Waals surface area (Å²) in [4.78, 5) is 25.7. The minimum Gasteiger partial charge on any atom is -0.373 e. The van der Waals surface area contributed by atoms with Gasteiger partial charge in [-0.2, -0.15) is 0 Å². The van der Waals surface area contributed by atoms with Crippen molar-refractivity contribution < 1.29 is 22.4 Å². The van der Waals surface area contributed by atoms with Crippen LogP contribution in [0.2, 0.25) is 0 Å². The van der Waals surface area contributed by atoms with Crippen LogP contribution in [0.4, 0.5) is 14.9 Å². The zero-order valence-corrected chi connectivity index (χ0v) is 17.9. The highest BCUT2D eigenvalue weighted by molar-refractivity contribution is 7.89. The van der Waals surface area contributed by atoms with Crippen LogP contribution in [0.1, 0.15) is 44.7 Å². The zero-order chi connectivity index (χ0) is 21.6. The number of hydrogen-bond acceptors (Lipinski definition) is 5. The molecule has 2 rings (SSSR count). The van der Waals surface area contributed by atoms with Crippen LogP contribution in [0.25, 0.3) is 0 Å². The van der Waals surface area contributed by atoms with Gasteiger partial charge >= 0.3 is 6.03 Å². The Morgan fingerprint density at radius 3 is 2.62 bits per heavy atom. The molecule has 0 aromatic heterocycles. The van der Waals surface area contributed by atoms with E-state index in [1.54, 1.807) is 31.0 Å². The van der Waals surface area contributed by atoms with E-state index in [1.807, 2.05) is 6.92 Å². The first-order valence-electron chi connectivity index (χ1n) is 9.72. The maximum atomic E-state index is 14.0. The van der Waals surface area contributed by atoms with Gasteiger partial charge in [0.1, 0.15) is 12.4 Å². The molecule has 3 amide bonds. The van der Waals surface area contributed by atoms with Gasteiger partial charge in [0, 0.05) is 26.2 Å². The van der Waals surface area contributed by atoms with Crippen molar-refractivity contribution in [2.75, 3.05) is 37.3 Å². The largest absolute Gasteiger partial charge is 0.373 e. The van der Waals surface area contributed by atoms with Crippen molar-refractivity contribution >= 4 is 27.6 Å². The van der Waals surface area contributed by atoms with Crippen molar-refractivity contribution in [1.82, 2.24) is 14.9 Å². The number of nitrogens with zero attached hydrogens (tertiary/aromatic N) is 2. The van der Waals surface area contributed by atoms with Gasteiger partial charge in [-0.15, -0.1) is 0 Å². The molecule has 10 heteroatoms. The molecule has 0 bridgehead atoms. The van der Waals surface area contributed by atoms with Crippen LogP contribution in [-0.4, -0.2) is 57.7 Å². The van der Waals surface area contributed by atoms with Crippen LogP contribution in [-0.2, 0) is 14.8 Å². The van der Waals surface area contributed by atoms with Crippen molar-refractivity contribution in [3.63, 3.8) is 0 Å². The molecule has 0 unspecified atom stereocenters. The monoisotopic (exact) mass is 428 g/mol. The molecular formula is C19H29FN4O4S. The number of unbranched alkanes of at least 4 members (excludes halogenated alkanes) is 2. The van der Waals surface area contributed by atoms with E-state index in [-0.39, 0.29) is 24.0 Å². The number of halogens is 1. The lowest BCUT2D eigenvalue weighted by Gasteiger charge is -2.21. The number of benzene rings is 1. The first kappa shape index (κ1) is 23.1. The molecule has 0 radical (unpaired) electrons. The van der Waals surface area contributed by atoms with Gasteiger partial charge in [-0.05, 0) is 44.4 Å². The molecule has 1 fully saturated rings. The second kappa shape index (κ2) is 10.0. The van der Waals surface area contributed by atoms with Crippen molar-refractivity contribution in [2.45, 2.75) is 39.2 Å². The summed E-state index contributed by atoms with van der Waals surface area (Å²) in [6.07, 6.45) is 1.68. The van der Waals surface area contributed by atoms with Gasteiger partial charge in [0.15, 0.2) is 0 Å². The van der Waals surface area contributed by atoms with E-state index in [9.17, 15) is 22.4 Å². The lowest BCUT2D eigenvalue weighted by Crippen LogP contribution is -2.30. The Balaban J connectivity index is 1.81. The first-order valence-corrected chi connectivity index (χ1v) is 11.4. The fourth-order valence-corrected chi connectivity index (χ4v) is 4.47. The molecule has 1 aromatic rings. The van der Waals surface area contributed by atoms with Crippen LogP contribution >= 0.6 is 0 Å². The summed E-state index contributed by atoms with van der Waals surface area (Å²) >= 11 is 0. The number of anilines is 1. The van der Waals surface area contributed by atoms with Gasteiger partial charge in [-0.3, -0.25) is 10.1 Å². The lowest BCUT2D eigenvalue weighted by atomic mass is 10.1. The smallest absolute Gasteiger partial charge is 0.324 e. The van der Waals surface area contributed by atoms with Crippen molar-refractivity contribution in [3.8, 4) is 0 Å². The van der Waals surface area contributed by atoms with Gasteiger partial charge in [-0.25, -0.2) is 22.3 Å². The quantitative estimate of drug-likeness (QED) is 0.415. The summed E-state index contributed by atoms with van der Waals surface area (Å²) in [5.41, 5.74) is 1.12. The number of carbonyl (C=O) groups is 2. The Kier molecular flexibility index (Phi) is 7.97. The Morgan fingerprint density at radius 1 is 1.28 bits per heavy atom. The Bertz CT molecular complexity index is 847. The Labute approximate surface area is 171 Å². The molecule has 1 saturated heterocycles. The predicted molar refractivity (Wildman–Crippen MR) is 110 cm³/mol. The second-order valence-corrected chi connectivity index (χ2v) is 9.09. The number of nitrogens with one attached hydrogen (secondary N) is 2. The summed E-state index contributed by atoms with van der Waals surface area (Å²) in [7, 11) is -1.72. The number of imide groups is 1. The molecule has 162 valence electrons. The molecule has 0 saturated carbocycles. The fourth-order valence-electron chi connectivity index (χ4n) is 3.09. The normalized spacial score (nSPS) is 15.5. The number of hydrogen-bond donors (Lipinski definition) is 2. The van der Waals surface area contributed by atoms with Crippen LogP contribution < -0.4 is 14.9 Å². The number of rotatable bonds is 11. The third-order valence-corrected chi connectivity index (χ3v) is 6.46. The van der Waals surface area contributed by atoms with Crippen molar-refractivity contribution in [1.29, 1.82) is 0 Å². The third-order valence-electron chi connectivity index (χ3n) is 4.92. The fraction of sp³-hybridized carbons (Fsp3) is 0.579. The van der Waals surface area contributed by atoms with Gasteiger partial charge in [0.25, 0.3) is 0 Å². The van der Waals surface area contributed by atoms with E-state index in [1.165, 1.54) is 11.0 Å². The van der Waals surface area contributed by atoms with E-state index >= 15 is 0 Å². The van der Waals surface area contributed by atoms with Crippen LogP contribution in [0, 0.1) is 5.82 Å². The zero-order valence-electron chi connectivity index (χ0n) is 17.1. The van der Waals surface area contributed by atoms with Crippen LogP contribution in [0.3, 0.4) is 0 Å². The average molecular weight is 429 g/mol. The molecule has 1 aliphatic rings. The standard InChI is InChI=1S/C19H29FN4O4S/c1-4-23(3)17-12-15(8-9-16(17)20)14(2)22-29(27,28)11-7-5-6-10-24-13-18(25)21-19(24)26/h8-9,12,14,22H,4-7,10-11,13H2,1-3H3,(H,21,25,26)/t14-/m1/s1. The molecular weight excluding hydrogens is 399 g/mol. The Morgan fingerprint density at radius 2 is 2.00 bits per heavy atom. The number of urea groups is 1. The summed E-state index contributed by atoms with van der Waals surface area (Å²) in [6, 6.07) is 3.71. The molecule has 1 atom stereocenters. The number of sulfonamides is 1. The molecule has 2 N–H and O–H groups in total. The maximum Gasteiger partial charge on any atom is 0.324 e. The van der Waals surface area contributed by atoms with Gasteiger partial charge in [0.05, 0.1) is 11.4 Å². The first-order chi connectivity index (χ1) is 13.6. The molecule has 8 nitrogen and oxygen atoms in total. The minimum atomic E-state index is -3.50. The van der Waals surface area contributed by atoms with Crippen molar-refractivity contribution in [2.24, 2.45) is 0 Å². The maximum absolute atomic E-state index is 14.0. The van der Waals surface area contributed by atoms with E-state index in [4.69, 9.17) is 0 Å². The predicted octanol–water partition coefficient (Wildman–Crippen LogP) is 1.98. The average Bonchev–Trinajstić information content (AvgIpc) is 2.97. The third kappa shape index (κ3) is 6.67. The minimum absolute atomic E-state index is 0.0363. The van der Waals surface area contributed by atoms with E-state index < -0.39 is 22.1 Å². The van der Waals surface area contributed by atoms with Gasteiger partial charge < -0.3 is 9.80 Å². The molecule has 1 heterocycles. The summed E-state index contributed by atoms with van der Waals surface area (Å²) in [5.74, 6) is -0.697. The summed E-state index contributed by atoms with van der Waals surface area (Å²) in [6.45, 7) is 4.75. The highest BCUT2D eigenvalue weighted by Crippen LogP contribution is 2.24. The highest BCUT2D eigenvalue weighted by atomic mass is 32.2. The molecule has 1 aliphatic heterocycles. The molecule has 1 aromatic carbocycles. The molecule has 0 spiro atoms. The number of carbonyl (C=O) groups excluding carboxylic acids is 2. The highest BCUT2D eigenvalue weighted by Gasteiger charge is 2.25. The molecule has 0 aliphatic carbocycles.